The minimum absolute atomic E-state index is 0.248. The molecule has 0 spiro atoms. The van der Waals surface area contributed by atoms with Gasteiger partial charge in [-0.25, -0.2) is 4.98 Å². The number of hydrogen-bond acceptors (Lipinski definition) is 5. The number of benzene rings is 1. The molecule has 2 aromatic heterocycles. The Hall–Kier alpha value is -2.51. The molecule has 1 unspecified atom stereocenters. The molecule has 0 aliphatic carbocycles. The van der Waals surface area contributed by atoms with Crippen molar-refractivity contribution < 1.29 is 9.53 Å². The van der Waals surface area contributed by atoms with Gasteiger partial charge in [0.05, 0.1) is 12.0 Å². The van der Waals surface area contributed by atoms with Crippen molar-refractivity contribution in [1.82, 2.24) is 9.55 Å². The van der Waals surface area contributed by atoms with Crippen LogP contribution in [0.1, 0.15) is 18.8 Å². The number of thiophene rings is 1. The molecule has 3 rings (SSSR count). The Kier molecular flexibility index (Phi) is 4.96. The van der Waals surface area contributed by atoms with Crippen LogP contribution in [0.2, 0.25) is 0 Å². The lowest BCUT2D eigenvalue weighted by atomic mass is 10.1. The summed E-state index contributed by atoms with van der Waals surface area (Å²) in [6, 6.07) is 8.88. The number of amides is 1. The molecule has 0 aliphatic rings. The maximum absolute atomic E-state index is 13.2. The maximum Gasteiger partial charge on any atom is 0.263 e. The van der Waals surface area contributed by atoms with E-state index >= 15 is 0 Å². The molecule has 0 aliphatic heterocycles. The standard InChI is InChI=1S/C18H19N3O3S/c1-11(16(19)22)21-14(8-9-24-2)20-17-15(18(21)23)13(10-25-17)12-6-4-3-5-7-12/h3-7,10-11H,8-9H2,1-2H3,(H2,19,22). The van der Waals surface area contributed by atoms with Crippen molar-refractivity contribution in [1.29, 1.82) is 0 Å². The number of nitrogens with two attached hydrogens (primary N) is 1. The third-order valence-corrected chi connectivity index (χ3v) is 5.00. The zero-order valence-corrected chi connectivity index (χ0v) is 14.9. The van der Waals surface area contributed by atoms with Crippen molar-refractivity contribution in [3.05, 3.63) is 51.9 Å². The van der Waals surface area contributed by atoms with E-state index in [2.05, 4.69) is 4.98 Å². The van der Waals surface area contributed by atoms with Crippen LogP contribution in [-0.2, 0) is 16.0 Å². The molecule has 1 amide bonds. The van der Waals surface area contributed by atoms with Crippen LogP contribution in [-0.4, -0.2) is 29.2 Å². The molecule has 0 radical (unpaired) electrons. The van der Waals surface area contributed by atoms with Crippen LogP contribution < -0.4 is 11.3 Å². The number of hydrogen-bond donors (Lipinski definition) is 1. The number of carbonyl (C=O) groups excluding carboxylic acids is 1. The SMILES string of the molecule is COCCc1nc2scc(-c3ccccc3)c2c(=O)n1C(C)C(N)=O. The normalized spacial score (nSPS) is 12.4. The van der Waals surface area contributed by atoms with Gasteiger partial charge >= 0.3 is 0 Å². The summed E-state index contributed by atoms with van der Waals surface area (Å²) in [5, 5.41) is 2.44. The van der Waals surface area contributed by atoms with Gasteiger partial charge in [-0.05, 0) is 12.5 Å². The molecule has 0 saturated carbocycles. The molecule has 6 nitrogen and oxygen atoms in total. The van der Waals surface area contributed by atoms with Gasteiger partial charge in [0, 0.05) is 24.5 Å². The van der Waals surface area contributed by atoms with Gasteiger partial charge in [0.1, 0.15) is 16.7 Å². The molecule has 2 heterocycles. The number of carbonyl (C=O) groups is 1. The van der Waals surface area contributed by atoms with Gasteiger partial charge in [-0.15, -0.1) is 11.3 Å². The highest BCUT2D eigenvalue weighted by molar-refractivity contribution is 7.17. The lowest BCUT2D eigenvalue weighted by Gasteiger charge is -2.17. The smallest absolute Gasteiger partial charge is 0.263 e. The lowest BCUT2D eigenvalue weighted by Crippen LogP contribution is -2.35. The third-order valence-electron chi connectivity index (χ3n) is 4.13. The van der Waals surface area contributed by atoms with Crippen molar-refractivity contribution in [2.45, 2.75) is 19.4 Å². The van der Waals surface area contributed by atoms with Crippen LogP contribution in [0, 0.1) is 0 Å². The maximum atomic E-state index is 13.2. The molecule has 25 heavy (non-hydrogen) atoms. The topological polar surface area (TPSA) is 87.2 Å². The minimum Gasteiger partial charge on any atom is -0.384 e. The van der Waals surface area contributed by atoms with Crippen molar-refractivity contribution in [3.63, 3.8) is 0 Å². The average Bonchev–Trinajstić information content (AvgIpc) is 3.04. The van der Waals surface area contributed by atoms with E-state index in [1.165, 1.54) is 15.9 Å². The molecule has 0 bridgehead atoms. The fourth-order valence-electron chi connectivity index (χ4n) is 2.77. The lowest BCUT2D eigenvalue weighted by molar-refractivity contribution is -0.120. The van der Waals surface area contributed by atoms with E-state index in [0.29, 0.717) is 29.1 Å². The number of ether oxygens (including phenoxy) is 1. The number of nitrogens with zero attached hydrogens (tertiary/aromatic N) is 2. The van der Waals surface area contributed by atoms with Crippen LogP contribution in [0.3, 0.4) is 0 Å². The zero-order valence-electron chi connectivity index (χ0n) is 14.1. The summed E-state index contributed by atoms with van der Waals surface area (Å²) >= 11 is 1.42. The summed E-state index contributed by atoms with van der Waals surface area (Å²) in [7, 11) is 1.58. The molecule has 2 N–H and O–H groups in total. The van der Waals surface area contributed by atoms with Gasteiger partial charge in [-0.3, -0.25) is 14.2 Å². The van der Waals surface area contributed by atoms with Gasteiger partial charge < -0.3 is 10.5 Å². The van der Waals surface area contributed by atoms with Gasteiger partial charge in [0.25, 0.3) is 5.56 Å². The predicted octanol–water partition coefficient (Wildman–Crippen LogP) is 2.36. The molecule has 0 fully saturated rings. The fourth-order valence-corrected chi connectivity index (χ4v) is 3.73. The minimum atomic E-state index is -0.778. The van der Waals surface area contributed by atoms with Crippen molar-refractivity contribution in [2.24, 2.45) is 5.73 Å². The van der Waals surface area contributed by atoms with Gasteiger partial charge in [-0.1, -0.05) is 30.3 Å². The first-order chi connectivity index (χ1) is 12.0. The second-order valence-electron chi connectivity index (χ2n) is 5.72. The van der Waals surface area contributed by atoms with Crippen molar-refractivity contribution >= 4 is 27.5 Å². The van der Waals surface area contributed by atoms with Gasteiger partial charge in [0.15, 0.2) is 0 Å². The van der Waals surface area contributed by atoms with E-state index in [1.807, 2.05) is 35.7 Å². The molecule has 0 saturated heterocycles. The summed E-state index contributed by atoms with van der Waals surface area (Å²) in [4.78, 5) is 30.2. The van der Waals surface area contributed by atoms with E-state index < -0.39 is 11.9 Å². The molecule has 130 valence electrons. The Labute approximate surface area is 148 Å². The first-order valence-electron chi connectivity index (χ1n) is 7.91. The van der Waals surface area contributed by atoms with E-state index in [1.54, 1.807) is 14.0 Å². The summed E-state index contributed by atoms with van der Waals surface area (Å²) < 4.78 is 6.49. The average molecular weight is 357 g/mol. The van der Waals surface area contributed by atoms with Crippen LogP contribution in [0.4, 0.5) is 0 Å². The third kappa shape index (κ3) is 3.20. The molecule has 7 heteroatoms. The Morgan fingerprint density at radius 3 is 2.72 bits per heavy atom. The number of primary amides is 1. The Bertz CT molecular complexity index is 963. The van der Waals surface area contributed by atoms with Gasteiger partial charge in [-0.2, -0.15) is 0 Å². The molecule has 3 aromatic rings. The monoisotopic (exact) mass is 357 g/mol. The molecular formula is C18H19N3O3S. The molecule has 1 atom stereocenters. The quantitative estimate of drug-likeness (QED) is 0.734. The highest BCUT2D eigenvalue weighted by Gasteiger charge is 2.22. The number of aromatic nitrogens is 2. The predicted molar refractivity (Wildman–Crippen MR) is 98.8 cm³/mol. The number of rotatable bonds is 6. The van der Waals surface area contributed by atoms with E-state index in [9.17, 15) is 9.59 Å². The summed E-state index contributed by atoms with van der Waals surface area (Å²) in [5.41, 5.74) is 6.96. The summed E-state index contributed by atoms with van der Waals surface area (Å²) in [6.45, 7) is 2.02. The Morgan fingerprint density at radius 1 is 1.36 bits per heavy atom. The van der Waals surface area contributed by atoms with Crippen molar-refractivity contribution in [3.8, 4) is 11.1 Å². The zero-order chi connectivity index (χ0) is 18.0. The second-order valence-corrected chi connectivity index (χ2v) is 6.58. The Balaban J connectivity index is 2.28. The first-order valence-corrected chi connectivity index (χ1v) is 8.78. The molecular weight excluding hydrogens is 338 g/mol. The first kappa shape index (κ1) is 17.3. The Morgan fingerprint density at radius 2 is 2.08 bits per heavy atom. The highest BCUT2D eigenvalue weighted by atomic mass is 32.1. The number of fused-ring (bicyclic) bond motifs is 1. The van der Waals surface area contributed by atoms with Crippen LogP contribution in [0.5, 0.6) is 0 Å². The van der Waals surface area contributed by atoms with Crippen LogP contribution >= 0.6 is 11.3 Å². The molecule has 1 aromatic carbocycles. The van der Waals surface area contributed by atoms with E-state index in [0.717, 1.165) is 11.1 Å². The fraction of sp³-hybridized carbons (Fsp3) is 0.278. The summed E-state index contributed by atoms with van der Waals surface area (Å²) in [6.07, 6.45) is 0.428. The van der Waals surface area contributed by atoms with E-state index in [-0.39, 0.29) is 5.56 Å². The van der Waals surface area contributed by atoms with Crippen LogP contribution in [0.15, 0.2) is 40.5 Å². The second kappa shape index (κ2) is 7.16. The van der Waals surface area contributed by atoms with Gasteiger partial charge in [0.2, 0.25) is 5.91 Å². The van der Waals surface area contributed by atoms with Crippen molar-refractivity contribution in [2.75, 3.05) is 13.7 Å². The summed E-state index contributed by atoms with van der Waals surface area (Å²) in [5.74, 6) is -0.0643. The van der Waals surface area contributed by atoms with E-state index in [4.69, 9.17) is 10.5 Å². The van der Waals surface area contributed by atoms with Crippen LogP contribution in [0.25, 0.3) is 21.3 Å². The highest BCUT2D eigenvalue weighted by Crippen LogP contribution is 2.31. The number of methoxy groups -OCH3 is 1. The largest absolute Gasteiger partial charge is 0.384 e.